The van der Waals surface area contributed by atoms with E-state index in [1.165, 1.54) is 16.7 Å². The predicted molar refractivity (Wildman–Crippen MR) is 137 cm³/mol. The van der Waals surface area contributed by atoms with E-state index in [-0.39, 0.29) is 12.0 Å². The predicted octanol–water partition coefficient (Wildman–Crippen LogP) is 7.37. The van der Waals surface area contributed by atoms with Gasteiger partial charge in [0.1, 0.15) is 11.9 Å². The lowest BCUT2D eigenvalue weighted by Crippen LogP contribution is -2.16. The standard InChI is InChI=1S/C30H22N2O/c1-3-19-15-20(6-10-27(19)31-2)22-8-12-29-25(17-22)26-18-23(9-13-30(26)33-29)21-7-11-28-24(16-21)5-4-14-32-28/h3-18,26,30H,1-2H2. The van der Waals surface area contributed by atoms with Crippen molar-refractivity contribution in [1.82, 2.24) is 4.98 Å². The van der Waals surface area contributed by atoms with E-state index in [1.807, 2.05) is 24.4 Å². The lowest BCUT2D eigenvalue weighted by atomic mass is 9.85. The SMILES string of the molecule is C=Cc1cc(-c2ccc3c(c2)C2C=C(c4ccc5ncccc5c4)C=CC2O3)ccc1N=C. The van der Waals surface area contributed by atoms with Crippen LogP contribution in [0.4, 0.5) is 5.69 Å². The van der Waals surface area contributed by atoms with Crippen LogP contribution < -0.4 is 4.74 Å². The van der Waals surface area contributed by atoms with Crippen LogP contribution in [0.15, 0.2) is 103 Å². The third-order valence-corrected chi connectivity index (χ3v) is 6.50. The Bertz CT molecular complexity index is 1490. The molecule has 0 fully saturated rings. The summed E-state index contributed by atoms with van der Waals surface area (Å²) >= 11 is 0. The molecule has 2 unspecified atom stereocenters. The molecule has 3 aromatic carbocycles. The van der Waals surface area contributed by atoms with Crippen molar-refractivity contribution < 1.29 is 4.74 Å². The highest BCUT2D eigenvalue weighted by Crippen LogP contribution is 2.45. The van der Waals surface area contributed by atoms with Gasteiger partial charge in [-0.05, 0) is 77.5 Å². The van der Waals surface area contributed by atoms with Crippen molar-refractivity contribution in [3.8, 4) is 16.9 Å². The summed E-state index contributed by atoms with van der Waals surface area (Å²) in [5, 5.41) is 1.15. The fourth-order valence-corrected chi connectivity index (χ4v) is 4.77. The highest BCUT2D eigenvalue weighted by molar-refractivity contribution is 5.86. The van der Waals surface area contributed by atoms with E-state index in [0.717, 1.165) is 39.0 Å². The maximum absolute atomic E-state index is 6.26. The molecule has 0 spiro atoms. The Labute approximate surface area is 193 Å². The molecular weight excluding hydrogens is 404 g/mol. The first kappa shape index (κ1) is 19.4. The second kappa shape index (κ2) is 7.72. The number of ether oxygens (including phenoxy) is 1. The van der Waals surface area contributed by atoms with Crippen LogP contribution >= 0.6 is 0 Å². The van der Waals surface area contributed by atoms with E-state index in [2.05, 4.69) is 96.1 Å². The van der Waals surface area contributed by atoms with E-state index in [9.17, 15) is 0 Å². The Morgan fingerprint density at radius 1 is 0.939 bits per heavy atom. The Hall–Kier alpha value is -4.24. The zero-order valence-corrected chi connectivity index (χ0v) is 18.1. The van der Waals surface area contributed by atoms with Crippen LogP contribution in [0.3, 0.4) is 0 Å². The summed E-state index contributed by atoms with van der Waals surface area (Å²) in [5.41, 5.74) is 8.72. The molecule has 3 nitrogen and oxygen atoms in total. The molecule has 0 saturated heterocycles. The van der Waals surface area contributed by atoms with Crippen LogP contribution in [0.1, 0.15) is 22.6 Å². The molecule has 0 bridgehead atoms. The molecule has 1 aromatic heterocycles. The first-order valence-electron chi connectivity index (χ1n) is 11.0. The Balaban J connectivity index is 1.39. The second-order valence-corrected chi connectivity index (χ2v) is 8.39. The summed E-state index contributed by atoms with van der Waals surface area (Å²) in [7, 11) is 0. The molecule has 2 heterocycles. The summed E-state index contributed by atoms with van der Waals surface area (Å²) in [5.74, 6) is 1.13. The smallest absolute Gasteiger partial charge is 0.128 e. The molecule has 1 aliphatic carbocycles. The number of hydrogen-bond donors (Lipinski definition) is 0. The van der Waals surface area contributed by atoms with Crippen LogP contribution in [-0.2, 0) is 0 Å². The van der Waals surface area contributed by atoms with Gasteiger partial charge >= 0.3 is 0 Å². The van der Waals surface area contributed by atoms with E-state index in [0.29, 0.717) is 0 Å². The number of aromatic nitrogens is 1. The van der Waals surface area contributed by atoms with E-state index in [1.54, 1.807) is 0 Å². The first-order valence-corrected chi connectivity index (χ1v) is 11.0. The third-order valence-electron chi connectivity index (χ3n) is 6.50. The van der Waals surface area contributed by atoms with Gasteiger partial charge in [-0.15, -0.1) is 0 Å². The van der Waals surface area contributed by atoms with Gasteiger partial charge in [-0.25, -0.2) is 0 Å². The summed E-state index contributed by atoms with van der Waals surface area (Å²) < 4.78 is 6.26. The lowest BCUT2D eigenvalue weighted by molar-refractivity contribution is 0.269. The Morgan fingerprint density at radius 2 is 1.79 bits per heavy atom. The van der Waals surface area contributed by atoms with Gasteiger partial charge in [-0.2, -0.15) is 0 Å². The molecular formula is C30H22N2O. The zero-order valence-electron chi connectivity index (χ0n) is 18.1. The van der Waals surface area contributed by atoms with Gasteiger partial charge in [0.15, 0.2) is 0 Å². The van der Waals surface area contributed by atoms with E-state index in [4.69, 9.17) is 4.74 Å². The molecule has 0 amide bonds. The second-order valence-electron chi connectivity index (χ2n) is 8.39. The molecule has 4 aromatic rings. The highest BCUT2D eigenvalue weighted by Gasteiger charge is 2.33. The van der Waals surface area contributed by atoms with Crippen LogP contribution in [0.2, 0.25) is 0 Å². The summed E-state index contributed by atoms with van der Waals surface area (Å²) in [6.07, 6.45) is 10.3. The molecule has 1 aliphatic heterocycles. The number of allylic oxidation sites excluding steroid dienone is 2. The van der Waals surface area contributed by atoms with Gasteiger partial charge in [0.05, 0.1) is 11.2 Å². The van der Waals surface area contributed by atoms with Crippen LogP contribution in [0, 0.1) is 0 Å². The average Bonchev–Trinajstić information content (AvgIpc) is 3.25. The van der Waals surface area contributed by atoms with Crippen LogP contribution in [0.5, 0.6) is 5.75 Å². The van der Waals surface area contributed by atoms with Gasteiger partial charge in [0.2, 0.25) is 0 Å². The molecule has 2 aliphatic rings. The molecule has 0 N–H and O–H groups in total. The van der Waals surface area contributed by atoms with Gasteiger partial charge in [0.25, 0.3) is 0 Å². The van der Waals surface area contributed by atoms with Gasteiger partial charge in [0, 0.05) is 28.6 Å². The van der Waals surface area contributed by atoms with E-state index >= 15 is 0 Å². The molecule has 2 atom stereocenters. The van der Waals surface area contributed by atoms with Crippen LogP contribution in [0.25, 0.3) is 33.7 Å². The minimum atomic E-state index is 0.0252. The van der Waals surface area contributed by atoms with Crippen molar-refractivity contribution in [3.63, 3.8) is 0 Å². The Kier molecular flexibility index (Phi) is 4.55. The van der Waals surface area contributed by atoms with Crippen molar-refractivity contribution in [3.05, 3.63) is 114 Å². The van der Waals surface area contributed by atoms with Gasteiger partial charge < -0.3 is 4.74 Å². The van der Waals surface area contributed by atoms with Crippen molar-refractivity contribution in [2.75, 3.05) is 0 Å². The molecule has 0 saturated carbocycles. The number of rotatable bonds is 4. The minimum Gasteiger partial charge on any atom is -0.485 e. The molecule has 158 valence electrons. The van der Waals surface area contributed by atoms with Crippen molar-refractivity contribution in [2.24, 2.45) is 4.99 Å². The molecule has 33 heavy (non-hydrogen) atoms. The number of benzene rings is 3. The molecule has 3 heteroatoms. The van der Waals surface area contributed by atoms with Crippen molar-refractivity contribution in [1.29, 1.82) is 0 Å². The third kappa shape index (κ3) is 3.30. The normalized spacial score (nSPS) is 18.2. The Morgan fingerprint density at radius 3 is 2.67 bits per heavy atom. The highest BCUT2D eigenvalue weighted by atomic mass is 16.5. The van der Waals surface area contributed by atoms with Gasteiger partial charge in [-0.3, -0.25) is 9.98 Å². The fraction of sp³-hybridized carbons (Fsp3) is 0.0667. The maximum Gasteiger partial charge on any atom is 0.128 e. The number of aliphatic imine (C=N–C) groups is 1. The zero-order chi connectivity index (χ0) is 22.4. The van der Waals surface area contributed by atoms with Crippen LogP contribution in [-0.4, -0.2) is 17.8 Å². The molecule has 6 rings (SSSR count). The lowest BCUT2D eigenvalue weighted by Gasteiger charge is -2.19. The fourth-order valence-electron chi connectivity index (χ4n) is 4.77. The van der Waals surface area contributed by atoms with E-state index < -0.39 is 0 Å². The maximum atomic E-state index is 6.26. The number of pyridine rings is 1. The average molecular weight is 427 g/mol. The number of fused-ring (bicyclic) bond motifs is 4. The molecule has 0 radical (unpaired) electrons. The van der Waals surface area contributed by atoms with Crippen molar-refractivity contribution in [2.45, 2.75) is 12.0 Å². The van der Waals surface area contributed by atoms with Gasteiger partial charge in [-0.1, -0.05) is 49.1 Å². The summed E-state index contributed by atoms with van der Waals surface area (Å²) in [4.78, 5) is 8.52. The summed E-state index contributed by atoms with van der Waals surface area (Å²) in [6.45, 7) is 7.57. The summed E-state index contributed by atoms with van der Waals surface area (Å²) in [6, 6.07) is 23.1. The monoisotopic (exact) mass is 426 g/mol. The topological polar surface area (TPSA) is 34.5 Å². The quantitative estimate of drug-likeness (QED) is 0.319. The number of hydrogen-bond acceptors (Lipinski definition) is 3. The van der Waals surface area contributed by atoms with Crippen molar-refractivity contribution >= 4 is 35.0 Å². The largest absolute Gasteiger partial charge is 0.485 e. The minimum absolute atomic E-state index is 0.0252. The first-order chi connectivity index (χ1) is 16.2. The number of nitrogens with zero attached hydrogens (tertiary/aromatic N) is 2.